The second kappa shape index (κ2) is 8.77. The second-order valence-corrected chi connectivity index (χ2v) is 8.56. The number of H-pyrrole nitrogens is 1. The number of hydrogen-bond donors (Lipinski definition) is 3. The standard InChI is InChI=1S/C22H22F3N9O2/c1-11-31-32-12(2)34(11)17-6-5-14-15(8-26-19(14)29-17)18-16(22(23,24)25)9-27-20(30-18)28-13-4-3-7-33(10-13)21(35)36/h5-6,8-9,13H,3-4,7,10H2,1-2H3,(H,26,29)(H,35,36)(H,27,28,30)/t13-/m0/s1. The Hall–Kier alpha value is -4.23. The van der Waals surface area contributed by atoms with Crippen LogP contribution in [0.25, 0.3) is 28.1 Å². The van der Waals surface area contributed by atoms with Crippen LogP contribution in [0.2, 0.25) is 0 Å². The molecule has 1 amide bonds. The minimum absolute atomic E-state index is 0.00934. The number of halogens is 3. The van der Waals surface area contributed by atoms with Gasteiger partial charge in [-0.3, -0.25) is 4.57 Å². The number of alkyl halides is 3. The third-order valence-corrected chi connectivity index (χ3v) is 6.11. The van der Waals surface area contributed by atoms with Crippen molar-refractivity contribution in [2.45, 2.75) is 38.9 Å². The molecular weight excluding hydrogens is 479 g/mol. The van der Waals surface area contributed by atoms with E-state index >= 15 is 0 Å². The Balaban J connectivity index is 1.53. The number of likely N-dealkylation sites (tertiary alicyclic amines) is 1. The van der Waals surface area contributed by atoms with Gasteiger partial charge in [-0.25, -0.2) is 19.7 Å². The normalized spacial score (nSPS) is 16.5. The molecule has 1 fully saturated rings. The maximum absolute atomic E-state index is 13.9. The molecule has 36 heavy (non-hydrogen) atoms. The number of aromatic amines is 1. The molecule has 5 rings (SSSR count). The highest BCUT2D eigenvalue weighted by Crippen LogP contribution is 2.38. The van der Waals surface area contributed by atoms with Crippen molar-refractivity contribution in [3.63, 3.8) is 0 Å². The summed E-state index contributed by atoms with van der Waals surface area (Å²) in [7, 11) is 0. The molecule has 1 saturated heterocycles. The Morgan fingerprint density at radius 2 is 1.94 bits per heavy atom. The molecule has 1 atom stereocenters. The quantitative estimate of drug-likeness (QED) is 0.384. The fourth-order valence-electron chi connectivity index (χ4n) is 4.43. The molecule has 0 bridgehead atoms. The van der Waals surface area contributed by atoms with Gasteiger partial charge in [0.2, 0.25) is 5.95 Å². The molecule has 1 aliphatic rings. The van der Waals surface area contributed by atoms with Gasteiger partial charge in [-0.05, 0) is 38.8 Å². The van der Waals surface area contributed by atoms with Crippen molar-refractivity contribution in [3.8, 4) is 17.1 Å². The average Bonchev–Trinajstić information content (AvgIpc) is 3.40. The Kier molecular flexibility index (Phi) is 5.73. The number of nitrogens with zero attached hydrogens (tertiary/aromatic N) is 7. The lowest BCUT2D eigenvalue weighted by Gasteiger charge is -2.31. The van der Waals surface area contributed by atoms with E-state index in [1.807, 2.05) is 0 Å². The molecule has 1 aliphatic heterocycles. The van der Waals surface area contributed by atoms with Crippen molar-refractivity contribution in [2.75, 3.05) is 18.4 Å². The van der Waals surface area contributed by atoms with Crippen LogP contribution >= 0.6 is 0 Å². The lowest BCUT2D eigenvalue weighted by molar-refractivity contribution is -0.137. The Morgan fingerprint density at radius 1 is 1.19 bits per heavy atom. The SMILES string of the molecule is Cc1nnc(C)n1-c1ccc2c(-c3nc(N[C@H]4CCCN(C(=O)O)C4)ncc3C(F)(F)F)c[nH]c2n1. The fourth-order valence-corrected chi connectivity index (χ4v) is 4.43. The van der Waals surface area contributed by atoms with Crippen molar-refractivity contribution in [3.05, 3.63) is 41.7 Å². The number of fused-ring (bicyclic) bond motifs is 1. The van der Waals surface area contributed by atoms with Gasteiger partial charge in [0.15, 0.2) is 0 Å². The zero-order valence-corrected chi connectivity index (χ0v) is 19.3. The van der Waals surface area contributed by atoms with E-state index in [9.17, 15) is 23.1 Å². The molecule has 0 aromatic carbocycles. The fraction of sp³-hybridized carbons (Fsp3) is 0.364. The number of amides is 1. The predicted molar refractivity (Wildman–Crippen MR) is 123 cm³/mol. The molecule has 4 aromatic heterocycles. The highest BCUT2D eigenvalue weighted by atomic mass is 19.4. The third-order valence-electron chi connectivity index (χ3n) is 6.11. The molecule has 11 nitrogen and oxygen atoms in total. The molecule has 0 radical (unpaired) electrons. The van der Waals surface area contributed by atoms with Crippen LogP contribution in [0.4, 0.5) is 23.9 Å². The molecule has 0 aliphatic carbocycles. The molecular formula is C22H22F3N9O2. The molecule has 188 valence electrons. The number of piperidine rings is 1. The van der Waals surface area contributed by atoms with Crippen LogP contribution in [0.1, 0.15) is 30.1 Å². The van der Waals surface area contributed by atoms with Crippen LogP contribution < -0.4 is 5.32 Å². The maximum atomic E-state index is 13.9. The van der Waals surface area contributed by atoms with Crippen molar-refractivity contribution in [1.29, 1.82) is 0 Å². The molecule has 14 heteroatoms. The van der Waals surface area contributed by atoms with E-state index in [1.165, 1.54) is 11.1 Å². The first kappa shape index (κ1) is 23.5. The van der Waals surface area contributed by atoms with Gasteiger partial charge in [-0.2, -0.15) is 13.2 Å². The van der Waals surface area contributed by atoms with Crippen LogP contribution in [0, 0.1) is 13.8 Å². The summed E-state index contributed by atoms with van der Waals surface area (Å²) in [6.45, 7) is 4.15. The van der Waals surface area contributed by atoms with Crippen molar-refractivity contribution >= 4 is 23.1 Å². The molecule has 4 aromatic rings. The summed E-state index contributed by atoms with van der Waals surface area (Å²) >= 11 is 0. The number of nitrogens with one attached hydrogen (secondary N) is 2. The third kappa shape index (κ3) is 4.29. The van der Waals surface area contributed by atoms with Gasteiger partial charge >= 0.3 is 12.3 Å². The van der Waals surface area contributed by atoms with E-state index in [1.54, 1.807) is 30.5 Å². The zero-order chi connectivity index (χ0) is 25.6. The molecule has 0 spiro atoms. The molecule has 0 saturated carbocycles. The molecule has 3 N–H and O–H groups in total. The molecule has 5 heterocycles. The van der Waals surface area contributed by atoms with Crippen LogP contribution in [0.15, 0.2) is 24.5 Å². The minimum atomic E-state index is -4.69. The first-order chi connectivity index (χ1) is 17.1. The number of carbonyl (C=O) groups is 1. The number of pyridine rings is 1. The lowest BCUT2D eigenvalue weighted by atomic mass is 10.1. The summed E-state index contributed by atoms with van der Waals surface area (Å²) in [5, 5.41) is 20.7. The van der Waals surface area contributed by atoms with Gasteiger partial charge in [-0.1, -0.05) is 0 Å². The summed E-state index contributed by atoms with van der Waals surface area (Å²) in [6.07, 6.45) is -2.29. The molecule has 0 unspecified atom stereocenters. The first-order valence-electron chi connectivity index (χ1n) is 11.2. The predicted octanol–water partition coefficient (Wildman–Crippen LogP) is 3.79. The van der Waals surface area contributed by atoms with Gasteiger partial charge in [0.1, 0.15) is 28.7 Å². The van der Waals surface area contributed by atoms with Crippen LogP contribution in [0.3, 0.4) is 0 Å². The topological polar surface area (TPSA) is 138 Å². The zero-order valence-electron chi connectivity index (χ0n) is 19.3. The van der Waals surface area contributed by atoms with Crippen molar-refractivity contribution in [1.82, 2.24) is 39.6 Å². The van der Waals surface area contributed by atoms with E-state index in [-0.39, 0.29) is 29.8 Å². The summed E-state index contributed by atoms with van der Waals surface area (Å²) in [5.41, 5.74) is -0.696. The number of rotatable bonds is 4. The van der Waals surface area contributed by atoms with Gasteiger partial charge in [-0.15, -0.1) is 10.2 Å². The number of aromatic nitrogens is 7. The first-order valence-corrected chi connectivity index (χ1v) is 11.2. The summed E-state index contributed by atoms with van der Waals surface area (Å²) in [6, 6.07) is 3.03. The van der Waals surface area contributed by atoms with Crippen LogP contribution in [0.5, 0.6) is 0 Å². The van der Waals surface area contributed by atoms with Crippen molar-refractivity contribution < 1.29 is 23.1 Å². The largest absolute Gasteiger partial charge is 0.465 e. The Labute approximate surface area is 202 Å². The Morgan fingerprint density at radius 3 is 2.64 bits per heavy atom. The van der Waals surface area contributed by atoms with Gasteiger partial charge in [0.25, 0.3) is 0 Å². The number of hydrogen-bond acceptors (Lipinski definition) is 7. The second-order valence-electron chi connectivity index (χ2n) is 8.56. The van der Waals surface area contributed by atoms with Gasteiger partial charge in [0.05, 0.1) is 5.69 Å². The highest BCUT2D eigenvalue weighted by Gasteiger charge is 2.36. The smallest absolute Gasteiger partial charge is 0.419 e. The van der Waals surface area contributed by atoms with E-state index in [4.69, 9.17) is 0 Å². The van der Waals surface area contributed by atoms with Crippen LogP contribution in [-0.4, -0.2) is 69.9 Å². The highest BCUT2D eigenvalue weighted by molar-refractivity contribution is 5.94. The van der Waals surface area contributed by atoms with E-state index in [0.29, 0.717) is 47.9 Å². The summed E-state index contributed by atoms with van der Waals surface area (Å²) in [5.74, 6) is 1.77. The summed E-state index contributed by atoms with van der Waals surface area (Å²) < 4.78 is 43.4. The Bertz CT molecular complexity index is 1430. The number of aryl methyl sites for hydroxylation is 2. The number of anilines is 1. The van der Waals surface area contributed by atoms with Crippen molar-refractivity contribution in [2.24, 2.45) is 0 Å². The van der Waals surface area contributed by atoms with Gasteiger partial charge in [0, 0.05) is 42.5 Å². The van der Waals surface area contributed by atoms with E-state index < -0.39 is 17.8 Å². The van der Waals surface area contributed by atoms with E-state index in [2.05, 4.69) is 35.5 Å². The van der Waals surface area contributed by atoms with E-state index in [0.717, 1.165) is 6.20 Å². The summed E-state index contributed by atoms with van der Waals surface area (Å²) in [4.78, 5) is 28.1. The monoisotopic (exact) mass is 501 g/mol. The van der Waals surface area contributed by atoms with Gasteiger partial charge < -0.3 is 20.3 Å². The average molecular weight is 501 g/mol. The minimum Gasteiger partial charge on any atom is -0.465 e. The van der Waals surface area contributed by atoms with Crippen LogP contribution in [-0.2, 0) is 6.18 Å². The lowest BCUT2D eigenvalue weighted by Crippen LogP contribution is -2.44. The number of carboxylic acid groups (broad SMARTS) is 1. The maximum Gasteiger partial charge on any atom is 0.419 e.